The van der Waals surface area contributed by atoms with E-state index in [0.717, 1.165) is 4.31 Å². The molecule has 2 aromatic rings. The molecule has 0 radical (unpaired) electrons. The molecule has 0 unspecified atom stereocenters. The highest BCUT2D eigenvalue weighted by Crippen LogP contribution is 2.25. The Kier molecular flexibility index (Phi) is 7.83. The van der Waals surface area contributed by atoms with Gasteiger partial charge >= 0.3 is 0 Å². The van der Waals surface area contributed by atoms with Crippen LogP contribution in [0.4, 0.5) is 5.69 Å². The fourth-order valence-corrected chi connectivity index (χ4v) is 4.07. The maximum Gasteiger partial charge on any atom is 0.264 e. The van der Waals surface area contributed by atoms with E-state index >= 15 is 0 Å². The van der Waals surface area contributed by atoms with E-state index in [-0.39, 0.29) is 17.5 Å². The fourth-order valence-electron chi connectivity index (χ4n) is 2.65. The molecule has 0 saturated carbocycles. The number of para-hydroxylation sites is 1. The lowest BCUT2D eigenvalue weighted by Gasteiger charge is -2.25. The minimum atomic E-state index is -3.94. The van der Waals surface area contributed by atoms with Gasteiger partial charge in [-0.25, -0.2) is 8.42 Å². The van der Waals surface area contributed by atoms with E-state index in [1.54, 1.807) is 49.4 Å². The van der Waals surface area contributed by atoms with Crippen LogP contribution in [-0.2, 0) is 19.6 Å². The molecular formula is C20H26N2O5S. The zero-order valence-corrected chi connectivity index (χ0v) is 17.1. The quantitative estimate of drug-likeness (QED) is 0.655. The number of nitrogens with one attached hydrogen (secondary N) is 1. The summed E-state index contributed by atoms with van der Waals surface area (Å²) in [6.45, 7) is 4.12. The van der Waals surface area contributed by atoms with E-state index in [4.69, 9.17) is 9.47 Å². The Morgan fingerprint density at radius 2 is 1.75 bits per heavy atom. The van der Waals surface area contributed by atoms with E-state index in [2.05, 4.69) is 5.32 Å². The number of hydrogen-bond acceptors (Lipinski definition) is 5. The van der Waals surface area contributed by atoms with Crippen molar-refractivity contribution in [1.82, 2.24) is 5.32 Å². The van der Waals surface area contributed by atoms with Gasteiger partial charge in [0.25, 0.3) is 10.0 Å². The minimum Gasteiger partial charge on any atom is -0.494 e. The summed E-state index contributed by atoms with van der Waals surface area (Å²) in [5.41, 5.74) is 0.408. The molecule has 0 aliphatic heterocycles. The zero-order chi connectivity index (χ0) is 20.6. The van der Waals surface area contributed by atoms with Gasteiger partial charge in [0.1, 0.15) is 12.3 Å². The number of hydrogen-bond donors (Lipinski definition) is 1. The molecule has 2 rings (SSSR count). The van der Waals surface area contributed by atoms with Crippen LogP contribution < -0.4 is 14.4 Å². The van der Waals surface area contributed by atoms with Crippen molar-refractivity contribution in [2.45, 2.75) is 24.8 Å². The van der Waals surface area contributed by atoms with Gasteiger partial charge in [0.2, 0.25) is 5.91 Å². The van der Waals surface area contributed by atoms with Gasteiger partial charge in [-0.3, -0.25) is 9.10 Å². The average Bonchev–Trinajstić information content (AvgIpc) is 2.67. The summed E-state index contributed by atoms with van der Waals surface area (Å²) < 4.78 is 37.9. The highest BCUT2D eigenvalue weighted by Gasteiger charge is 2.27. The average molecular weight is 407 g/mol. The third-order valence-electron chi connectivity index (χ3n) is 3.88. The highest BCUT2D eigenvalue weighted by molar-refractivity contribution is 7.92. The maximum atomic E-state index is 13.2. The predicted octanol–water partition coefficient (Wildman–Crippen LogP) is 2.43. The molecule has 1 N–H and O–H groups in total. The first-order valence-electron chi connectivity index (χ1n) is 8.97. The molecular weight excluding hydrogens is 380 g/mol. The second-order valence-electron chi connectivity index (χ2n) is 6.18. The molecule has 28 heavy (non-hydrogen) atoms. The molecule has 1 atom stereocenters. The Balaban J connectivity index is 2.31. The molecule has 0 heterocycles. The summed E-state index contributed by atoms with van der Waals surface area (Å²) in [6, 6.07) is 14.4. The van der Waals surface area contributed by atoms with Gasteiger partial charge in [0, 0.05) is 13.2 Å². The lowest BCUT2D eigenvalue weighted by atomic mass is 10.3. The number of methoxy groups -OCH3 is 1. The second kappa shape index (κ2) is 10.1. The Hall–Kier alpha value is -2.58. The number of rotatable bonds is 10. The number of ether oxygens (including phenoxy) is 2. The lowest BCUT2D eigenvalue weighted by Crippen LogP contribution is -2.44. The van der Waals surface area contributed by atoms with Crippen molar-refractivity contribution < 1.29 is 22.7 Å². The minimum absolute atomic E-state index is 0.0811. The van der Waals surface area contributed by atoms with Gasteiger partial charge in [0.05, 0.1) is 23.8 Å². The Bertz CT molecular complexity index is 854. The molecule has 7 nitrogen and oxygen atoms in total. The third kappa shape index (κ3) is 5.71. The van der Waals surface area contributed by atoms with Crippen molar-refractivity contribution in [2.24, 2.45) is 0 Å². The van der Waals surface area contributed by atoms with Crippen LogP contribution in [0.1, 0.15) is 13.8 Å². The lowest BCUT2D eigenvalue weighted by molar-refractivity contribution is -0.120. The van der Waals surface area contributed by atoms with Gasteiger partial charge in [0.15, 0.2) is 0 Å². The first kappa shape index (κ1) is 21.7. The summed E-state index contributed by atoms with van der Waals surface area (Å²) in [7, 11) is -2.41. The fraction of sp³-hybridized carbons (Fsp3) is 0.350. The van der Waals surface area contributed by atoms with Crippen molar-refractivity contribution in [3.63, 3.8) is 0 Å². The molecule has 2 aromatic carbocycles. The number of carbonyl (C=O) groups is 1. The van der Waals surface area contributed by atoms with Crippen LogP contribution in [0.15, 0.2) is 59.5 Å². The van der Waals surface area contributed by atoms with Gasteiger partial charge in [-0.2, -0.15) is 0 Å². The van der Waals surface area contributed by atoms with E-state index < -0.39 is 15.9 Å². The molecule has 0 spiro atoms. The molecule has 0 aromatic heterocycles. The van der Waals surface area contributed by atoms with Crippen LogP contribution in [0.2, 0.25) is 0 Å². The number of amides is 1. The summed E-state index contributed by atoms with van der Waals surface area (Å²) in [5, 5.41) is 2.74. The van der Waals surface area contributed by atoms with Crippen LogP contribution in [-0.4, -0.2) is 47.2 Å². The van der Waals surface area contributed by atoms with Crippen molar-refractivity contribution >= 4 is 21.6 Å². The van der Waals surface area contributed by atoms with Crippen LogP contribution in [0, 0.1) is 0 Å². The molecule has 152 valence electrons. The largest absolute Gasteiger partial charge is 0.494 e. The molecule has 0 aliphatic carbocycles. The van der Waals surface area contributed by atoms with E-state index in [9.17, 15) is 13.2 Å². The topological polar surface area (TPSA) is 84.9 Å². The van der Waals surface area contributed by atoms with Crippen LogP contribution >= 0.6 is 0 Å². The molecule has 0 bridgehead atoms. The van der Waals surface area contributed by atoms with Gasteiger partial charge < -0.3 is 14.8 Å². The monoisotopic (exact) mass is 406 g/mol. The van der Waals surface area contributed by atoms with Crippen molar-refractivity contribution in [2.75, 3.05) is 31.2 Å². The Morgan fingerprint density at radius 1 is 1.11 bits per heavy atom. The molecule has 0 aliphatic rings. The highest BCUT2D eigenvalue weighted by atomic mass is 32.2. The molecule has 8 heteroatoms. The molecule has 0 saturated heterocycles. The smallest absolute Gasteiger partial charge is 0.264 e. The number of nitrogens with zero attached hydrogens (tertiary/aromatic N) is 1. The standard InChI is InChI=1S/C20H26N2O5S/c1-4-27-18-10-12-19(13-11-18)28(24,25)22(17-8-6-5-7-9-17)14-20(23)21-16(2)15-26-3/h5-13,16H,4,14-15H2,1-3H3,(H,21,23)/t16-/m1/s1. The van der Waals surface area contributed by atoms with Gasteiger partial charge in [-0.15, -0.1) is 0 Å². The third-order valence-corrected chi connectivity index (χ3v) is 5.67. The van der Waals surface area contributed by atoms with Gasteiger partial charge in [-0.05, 0) is 50.2 Å². The van der Waals surface area contributed by atoms with E-state index in [0.29, 0.717) is 24.7 Å². The van der Waals surface area contributed by atoms with Crippen molar-refractivity contribution in [3.05, 3.63) is 54.6 Å². The van der Waals surface area contributed by atoms with Crippen LogP contribution in [0.5, 0.6) is 5.75 Å². The van der Waals surface area contributed by atoms with Gasteiger partial charge in [-0.1, -0.05) is 18.2 Å². The number of anilines is 1. The number of benzene rings is 2. The first-order valence-corrected chi connectivity index (χ1v) is 10.4. The SMILES string of the molecule is CCOc1ccc(S(=O)(=O)N(CC(=O)N[C@H](C)COC)c2ccccc2)cc1. The molecule has 0 fully saturated rings. The van der Waals surface area contributed by atoms with Crippen LogP contribution in [0.25, 0.3) is 0 Å². The predicted molar refractivity (Wildman–Crippen MR) is 108 cm³/mol. The summed E-state index contributed by atoms with van der Waals surface area (Å²) in [6.07, 6.45) is 0. The van der Waals surface area contributed by atoms with E-state index in [1.165, 1.54) is 19.2 Å². The summed E-state index contributed by atoms with van der Waals surface area (Å²) >= 11 is 0. The Labute approximate surface area is 166 Å². The molecule has 1 amide bonds. The maximum absolute atomic E-state index is 13.2. The zero-order valence-electron chi connectivity index (χ0n) is 16.3. The second-order valence-corrected chi connectivity index (χ2v) is 8.04. The summed E-state index contributed by atoms with van der Waals surface area (Å²) in [4.78, 5) is 12.5. The summed E-state index contributed by atoms with van der Waals surface area (Å²) in [5.74, 6) is 0.168. The normalized spacial score (nSPS) is 12.2. The van der Waals surface area contributed by atoms with Crippen molar-refractivity contribution in [1.29, 1.82) is 0 Å². The number of sulfonamides is 1. The van der Waals surface area contributed by atoms with Crippen LogP contribution in [0.3, 0.4) is 0 Å². The number of carbonyl (C=O) groups excluding carboxylic acids is 1. The first-order chi connectivity index (χ1) is 13.4. The Morgan fingerprint density at radius 3 is 2.32 bits per heavy atom. The van der Waals surface area contributed by atoms with Crippen molar-refractivity contribution in [3.8, 4) is 5.75 Å². The van der Waals surface area contributed by atoms with E-state index in [1.807, 2.05) is 6.92 Å².